The highest BCUT2D eigenvalue weighted by atomic mass is 79.9. The van der Waals surface area contributed by atoms with Gasteiger partial charge in [-0.15, -0.1) is 0 Å². The lowest BCUT2D eigenvalue weighted by Crippen LogP contribution is -2.64. The average Bonchev–Trinajstić information content (AvgIpc) is 2.71. The molecule has 0 atom stereocenters. The van der Waals surface area contributed by atoms with E-state index >= 15 is 0 Å². The number of carbonyl (C=O) groups is 1. The number of para-hydroxylation sites is 1. The van der Waals surface area contributed by atoms with Crippen molar-refractivity contribution in [1.29, 1.82) is 5.26 Å². The van der Waals surface area contributed by atoms with Crippen molar-refractivity contribution in [3.63, 3.8) is 0 Å². The van der Waals surface area contributed by atoms with E-state index in [1.165, 1.54) is 16.7 Å². The summed E-state index contributed by atoms with van der Waals surface area (Å²) in [6.07, 6.45) is 1.17. The van der Waals surface area contributed by atoms with Gasteiger partial charge in [-0.3, -0.25) is 4.90 Å². The Hall–Kier alpha value is -2.52. The van der Waals surface area contributed by atoms with Gasteiger partial charge in [-0.2, -0.15) is 5.26 Å². The number of nitrogens with zero attached hydrogens (tertiary/aromatic N) is 3. The van der Waals surface area contributed by atoms with E-state index in [9.17, 15) is 15.2 Å². The van der Waals surface area contributed by atoms with Crippen molar-refractivity contribution >= 4 is 27.7 Å². The summed E-state index contributed by atoms with van der Waals surface area (Å²) in [5.41, 5.74) is 4.05. The molecule has 0 saturated carbocycles. The maximum atomic E-state index is 12.6. The van der Waals surface area contributed by atoms with Gasteiger partial charge >= 0.3 is 6.09 Å². The molecule has 1 amide bonds. The minimum absolute atomic E-state index is 0.526. The molecule has 170 valence electrons. The maximum absolute atomic E-state index is 12.6. The van der Waals surface area contributed by atoms with Crippen LogP contribution >= 0.6 is 15.9 Å². The summed E-state index contributed by atoms with van der Waals surface area (Å²) in [5, 5.41) is 19.8. The van der Waals surface area contributed by atoms with E-state index in [4.69, 9.17) is 0 Å². The van der Waals surface area contributed by atoms with Gasteiger partial charge in [0, 0.05) is 23.1 Å². The monoisotopic (exact) mass is 497 g/mol. The van der Waals surface area contributed by atoms with Gasteiger partial charge in [0.25, 0.3) is 0 Å². The molecule has 6 heteroatoms. The normalized spacial score (nSPS) is 15.8. The van der Waals surface area contributed by atoms with Crippen LogP contribution < -0.4 is 4.90 Å². The van der Waals surface area contributed by atoms with Crippen LogP contribution in [0.5, 0.6) is 0 Å². The lowest BCUT2D eigenvalue weighted by Gasteiger charge is -2.53. The third kappa shape index (κ3) is 4.78. The van der Waals surface area contributed by atoms with Crippen molar-refractivity contribution in [2.24, 2.45) is 0 Å². The Morgan fingerprint density at radius 2 is 1.81 bits per heavy atom. The summed E-state index contributed by atoms with van der Waals surface area (Å²) in [4.78, 5) is 16.5. The molecule has 0 aliphatic carbocycles. The summed E-state index contributed by atoms with van der Waals surface area (Å²) in [5.74, 6) is 0. The molecular formula is C26H32BrN3O2. The van der Waals surface area contributed by atoms with Gasteiger partial charge in [0.2, 0.25) is 0 Å². The maximum Gasteiger partial charge on any atom is 0.408 e. The lowest BCUT2D eigenvalue weighted by atomic mass is 9.77. The minimum atomic E-state index is -0.882. The van der Waals surface area contributed by atoms with E-state index < -0.39 is 17.2 Å². The van der Waals surface area contributed by atoms with E-state index in [0.717, 1.165) is 10.2 Å². The van der Waals surface area contributed by atoms with Crippen LogP contribution in [0.15, 0.2) is 40.9 Å². The fraction of sp³-hybridized carbons (Fsp3) is 0.462. The SMILES string of the molecule is Cc1cc(C)c(CC2(N(C(=O)O)C(C)(C)C)CCN(c3ccccc3C#N)CC2)cc1Br. The molecule has 0 aromatic heterocycles. The molecule has 5 nitrogen and oxygen atoms in total. The van der Waals surface area contributed by atoms with Gasteiger partial charge in [-0.25, -0.2) is 4.79 Å². The van der Waals surface area contributed by atoms with Crippen LogP contribution in [0.3, 0.4) is 0 Å². The molecule has 1 fully saturated rings. The molecule has 1 aliphatic rings. The summed E-state index contributed by atoms with van der Waals surface area (Å²) >= 11 is 3.66. The minimum Gasteiger partial charge on any atom is -0.465 e. The van der Waals surface area contributed by atoms with E-state index in [1.807, 2.05) is 45.0 Å². The first-order valence-electron chi connectivity index (χ1n) is 11.0. The first-order chi connectivity index (χ1) is 15.0. The summed E-state index contributed by atoms with van der Waals surface area (Å²) in [6.45, 7) is 11.5. The largest absolute Gasteiger partial charge is 0.465 e. The third-order valence-electron chi connectivity index (χ3n) is 6.53. The van der Waals surface area contributed by atoms with E-state index in [2.05, 4.69) is 52.9 Å². The quantitative estimate of drug-likeness (QED) is 0.538. The van der Waals surface area contributed by atoms with Gasteiger partial charge in [0.15, 0.2) is 0 Å². The third-order valence-corrected chi connectivity index (χ3v) is 7.39. The summed E-state index contributed by atoms with van der Waals surface area (Å²) in [7, 11) is 0. The standard InChI is InChI=1S/C26H32BrN3O2/c1-18-14-19(2)22(27)15-21(18)16-26(30(24(31)32)25(3,4)5)10-12-29(13-11-26)23-9-7-6-8-20(23)17-28/h6-9,14-15H,10-13,16H2,1-5H3,(H,31,32). The van der Waals surface area contributed by atoms with Gasteiger partial charge in [0.1, 0.15) is 6.07 Å². The number of amides is 1. The zero-order valence-corrected chi connectivity index (χ0v) is 21.2. The highest BCUT2D eigenvalue weighted by Gasteiger charge is 2.47. The first kappa shape index (κ1) is 24.1. The fourth-order valence-electron chi connectivity index (χ4n) is 5.10. The molecule has 3 rings (SSSR count). The number of anilines is 1. The number of piperidine rings is 1. The van der Waals surface area contributed by atoms with Crippen molar-refractivity contribution in [2.45, 2.75) is 65.0 Å². The molecule has 0 spiro atoms. The first-order valence-corrected chi connectivity index (χ1v) is 11.8. The Morgan fingerprint density at radius 1 is 1.19 bits per heavy atom. The Morgan fingerprint density at radius 3 is 2.38 bits per heavy atom. The second-order valence-corrected chi connectivity index (χ2v) is 10.7. The van der Waals surface area contributed by atoms with E-state index in [-0.39, 0.29) is 0 Å². The molecule has 0 bridgehead atoms. The number of hydrogen-bond acceptors (Lipinski definition) is 3. The predicted octanol–water partition coefficient (Wildman–Crippen LogP) is 6.30. The Labute approximate surface area is 199 Å². The highest BCUT2D eigenvalue weighted by molar-refractivity contribution is 9.10. The summed E-state index contributed by atoms with van der Waals surface area (Å²) in [6, 6.07) is 14.2. The Kier molecular flexibility index (Phi) is 6.90. The zero-order valence-electron chi connectivity index (χ0n) is 19.6. The van der Waals surface area contributed by atoms with Crippen LogP contribution in [-0.4, -0.2) is 40.3 Å². The van der Waals surface area contributed by atoms with Crippen molar-refractivity contribution in [3.05, 3.63) is 63.1 Å². The molecule has 1 heterocycles. The van der Waals surface area contributed by atoms with Gasteiger partial charge in [-0.1, -0.05) is 34.1 Å². The highest BCUT2D eigenvalue weighted by Crippen LogP contribution is 2.40. The summed E-state index contributed by atoms with van der Waals surface area (Å²) < 4.78 is 1.05. The molecule has 1 N–H and O–H groups in total. The van der Waals surface area contributed by atoms with Crippen molar-refractivity contribution in [3.8, 4) is 6.07 Å². The molecule has 2 aromatic carbocycles. The second-order valence-electron chi connectivity index (χ2n) is 9.83. The number of hydrogen-bond donors (Lipinski definition) is 1. The van der Waals surface area contributed by atoms with Gasteiger partial charge < -0.3 is 10.0 Å². The molecule has 1 saturated heterocycles. The smallest absolute Gasteiger partial charge is 0.408 e. The number of aryl methyl sites for hydroxylation is 2. The van der Waals surface area contributed by atoms with Crippen molar-refractivity contribution < 1.29 is 9.90 Å². The number of nitriles is 1. The number of halogens is 1. The van der Waals surface area contributed by atoms with Crippen LogP contribution in [-0.2, 0) is 6.42 Å². The number of carboxylic acid groups (broad SMARTS) is 1. The van der Waals surface area contributed by atoms with Crippen LogP contribution in [0.25, 0.3) is 0 Å². The lowest BCUT2D eigenvalue weighted by molar-refractivity contribution is 0.00151. The molecule has 1 aliphatic heterocycles. The molecule has 0 radical (unpaired) electrons. The Bertz CT molecular complexity index is 1040. The molecule has 0 unspecified atom stereocenters. The molecule has 32 heavy (non-hydrogen) atoms. The average molecular weight is 498 g/mol. The predicted molar refractivity (Wildman–Crippen MR) is 132 cm³/mol. The topological polar surface area (TPSA) is 67.6 Å². The second kappa shape index (κ2) is 9.15. The van der Waals surface area contributed by atoms with Crippen LogP contribution in [0.1, 0.15) is 55.9 Å². The van der Waals surface area contributed by atoms with Gasteiger partial charge in [-0.05, 0) is 88.8 Å². The molecular weight excluding hydrogens is 466 g/mol. The van der Waals surface area contributed by atoms with Crippen molar-refractivity contribution in [1.82, 2.24) is 4.90 Å². The van der Waals surface area contributed by atoms with Gasteiger partial charge in [0.05, 0.1) is 16.8 Å². The van der Waals surface area contributed by atoms with Crippen LogP contribution in [0.2, 0.25) is 0 Å². The zero-order chi connectivity index (χ0) is 23.7. The van der Waals surface area contributed by atoms with Crippen LogP contribution in [0, 0.1) is 25.2 Å². The number of benzene rings is 2. The van der Waals surface area contributed by atoms with Crippen LogP contribution in [0.4, 0.5) is 10.5 Å². The number of rotatable bonds is 4. The van der Waals surface area contributed by atoms with Crippen molar-refractivity contribution in [2.75, 3.05) is 18.0 Å². The van der Waals surface area contributed by atoms with E-state index in [1.54, 1.807) is 4.90 Å². The fourth-order valence-corrected chi connectivity index (χ4v) is 5.49. The van der Waals surface area contributed by atoms with E-state index in [0.29, 0.717) is 37.9 Å². The Balaban J connectivity index is 2.01. The molecule has 2 aromatic rings.